The van der Waals surface area contributed by atoms with E-state index in [0.29, 0.717) is 5.56 Å². The molecule has 0 saturated carbocycles. The Labute approximate surface area is 80.1 Å². The molecule has 0 aliphatic carbocycles. The largest absolute Gasteiger partial charge is 0.384 e. The lowest BCUT2D eigenvalue weighted by atomic mass is 10.2. The number of thiocarbonyl (C=S) groups is 1. The molecule has 0 aliphatic heterocycles. The Kier molecular flexibility index (Phi) is 3.25. The number of nitrogens with two attached hydrogens (primary N) is 1. The Hall–Kier alpha value is -0.870. The molecule has 12 heavy (non-hydrogen) atoms. The van der Waals surface area contributed by atoms with E-state index in [2.05, 4.69) is 12.2 Å². The second-order valence-electron chi connectivity index (χ2n) is 2.07. The minimum atomic E-state index is -0.108. The van der Waals surface area contributed by atoms with Crippen molar-refractivity contribution >= 4 is 33.4 Å². The van der Waals surface area contributed by atoms with Crippen LogP contribution < -0.4 is 5.73 Å². The second-order valence-corrected chi connectivity index (χ2v) is 3.79. The highest BCUT2D eigenvalue weighted by molar-refractivity contribution is 8.33. The van der Waals surface area contributed by atoms with Crippen LogP contribution in [0.5, 0.6) is 0 Å². The average Bonchev–Trinajstić information content (AvgIpc) is 2.05. The fourth-order valence-electron chi connectivity index (χ4n) is 0.725. The van der Waals surface area contributed by atoms with Crippen molar-refractivity contribution in [1.29, 1.82) is 0 Å². The van der Waals surface area contributed by atoms with Gasteiger partial charge in [0.1, 0.15) is 4.32 Å². The molecule has 2 N–H and O–H groups in total. The summed E-state index contributed by atoms with van der Waals surface area (Å²) >= 11 is 5.47. The minimum Gasteiger partial charge on any atom is -0.384 e. The predicted molar refractivity (Wildman–Crippen MR) is 55.1 cm³/mol. The van der Waals surface area contributed by atoms with Gasteiger partial charge in [0.05, 0.1) is 0 Å². The summed E-state index contributed by atoms with van der Waals surface area (Å²) in [6.07, 6.45) is 0. The van der Waals surface area contributed by atoms with Crippen LogP contribution >= 0.6 is 24.0 Å². The van der Waals surface area contributed by atoms with E-state index in [1.165, 1.54) is 0 Å². The Morgan fingerprint density at radius 1 is 1.33 bits per heavy atom. The van der Waals surface area contributed by atoms with Crippen LogP contribution in [0.4, 0.5) is 0 Å². The molecule has 0 aromatic heterocycles. The van der Waals surface area contributed by atoms with Gasteiger partial charge < -0.3 is 5.73 Å². The molecule has 0 aliphatic rings. The lowest BCUT2D eigenvalue weighted by Gasteiger charge is -1.96. The van der Waals surface area contributed by atoms with Crippen molar-refractivity contribution in [2.75, 3.05) is 0 Å². The standard InChI is InChI=1S/C8H7NOS2/c9-8(11)12-7(10)6-4-2-1-3-5-6/h1-5H,(H2,9,11). The number of benzene rings is 1. The third-order valence-corrected chi connectivity index (χ3v) is 2.08. The van der Waals surface area contributed by atoms with Gasteiger partial charge in [-0.2, -0.15) is 0 Å². The molecule has 1 aromatic rings. The molecule has 0 amide bonds. The van der Waals surface area contributed by atoms with Crippen molar-refractivity contribution in [3.63, 3.8) is 0 Å². The molecule has 1 aromatic carbocycles. The summed E-state index contributed by atoms with van der Waals surface area (Å²) in [4.78, 5) is 11.3. The minimum absolute atomic E-state index is 0.108. The molecule has 0 saturated heterocycles. The van der Waals surface area contributed by atoms with Gasteiger partial charge in [-0.05, 0) is 11.8 Å². The average molecular weight is 197 g/mol. The fraction of sp³-hybridized carbons (Fsp3) is 0. The van der Waals surface area contributed by atoms with Crippen LogP contribution in [0.2, 0.25) is 0 Å². The maximum Gasteiger partial charge on any atom is 0.226 e. The van der Waals surface area contributed by atoms with Gasteiger partial charge >= 0.3 is 0 Å². The van der Waals surface area contributed by atoms with Gasteiger partial charge in [-0.15, -0.1) is 0 Å². The fourth-order valence-corrected chi connectivity index (χ4v) is 1.39. The third-order valence-electron chi connectivity index (χ3n) is 1.20. The van der Waals surface area contributed by atoms with E-state index in [1.807, 2.05) is 6.07 Å². The topological polar surface area (TPSA) is 43.1 Å². The van der Waals surface area contributed by atoms with Gasteiger partial charge in [-0.25, -0.2) is 0 Å². The van der Waals surface area contributed by atoms with Crippen LogP contribution in [0.3, 0.4) is 0 Å². The number of carbonyl (C=O) groups excluding carboxylic acids is 1. The molecule has 1 rings (SSSR count). The van der Waals surface area contributed by atoms with E-state index in [0.717, 1.165) is 11.8 Å². The van der Waals surface area contributed by atoms with Gasteiger partial charge in [0.25, 0.3) is 0 Å². The van der Waals surface area contributed by atoms with Crippen LogP contribution in [-0.2, 0) is 0 Å². The summed E-state index contributed by atoms with van der Waals surface area (Å²) in [6.45, 7) is 0. The van der Waals surface area contributed by atoms with Crippen molar-refractivity contribution < 1.29 is 4.79 Å². The normalized spacial score (nSPS) is 9.33. The first-order valence-electron chi connectivity index (χ1n) is 3.27. The first-order valence-corrected chi connectivity index (χ1v) is 4.49. The highest BCUT2D eigenvalue weighted by atomic mass is 32.2. The Morgan fingerprint density at radius 3 is 2.42 bits per heavy atom. The molecule has 62 valence electrons. The zero-order chi connectivity index (χ0) is 8.97. The molecule has 0 spiro atoms. The van der Waals surface area contributed by atoms with Gasteiger partial charge in [0.2, 0.25) is 5.12 Å². The Balaban J connectivity index is 2.73. The first kappa shape index (κ1) is 9.22. The van der Waals surface area contributed by atoms with Crippen LogP contribution in [-0.4, -0.2) is 9.44 Å². The van der Waals surface area contributed by atoms with E-state index < -0.39 is 0 Å². The quantitative estimate of drug-likeness (QED) is 0.697. The van der Waals surface area contributed by atoms with E-state index in [-0.39, 0.29) is 9.44 Å². The van der Waals surface area contributed by atoms with E-state index >= 15 is 0 Å². The summed E-state index contributed by atoms with van der Waals surface area (Å²) in [5.74, 6) is 0. The molecule has 0 atom stereocenters. The van der Waals surface area contributed by atoms with Gasteiger partial charge in [-0.1, -0.05) is 42.5 Å². The van der Waals surface area contributed by atoms with E-state index in [1.54, 1.807) is 24.3 Å². The summed E-state index contributed by atoms with van der Waals surface area (Å²) < 4.78 is 0.156. The molecule has 0 unspecified atom stereocenters. The molecule has 0 radical (unpaired) electrons. The van der Waals surface area contributed by atoms with Crippen LogP contribution in [0.15, 0.2) is 30.3 Å². The van der Waals surface area contributed by atoms with Crippen molar-refractivity contribution in [2.45, 2.75) is 0 Å². The predicted octanol–water partition coefficient (Wildman–Crippen LogP) is 1.80. The molecule has 0 heterocycles. The monoisotopic (exact) mass is 197 g/mol. The van der Waals surface area contributed by atoms with Crippen molar-refractivity contribution in [3.05, 3.63) is 35.9 Å². The van der Waals surface area contributed by atoms with E-state index in [4.69, 9.17) is 5.73 Å². The van der Waals surface area contributed by atoms with Crippen molar-refractivity contribution in [3.8, 4) is 0 Å². The third kappa shape index (κ3) is 2.64. The molecular weight excluding hydrogens is 190 g/mol. The summed E-state index contributed by atoms with van der Waals surface area (Å²) in [5.41, 5.74) is 5.82. The highest BCUT2D eigenvalue weighted by Crippen LogP contribution is 2.11. The SMILES string of the molecule is NC(=S)SC(=O)c1ccccc1. The lowest BCUT2D eigenvalue weighted by Crippen LogP contribution is -2.06. The highest BCUT2D eigenvalue weighted by Gasteiger charge is 2.06. The number of rotatable bonds is 1. The summed E-state index contributed by atoms with van der Waals surface area (Å²) in [5, 5.41) is -0.108. The van der Waals surface area contributed by atoms with Crippen LogP contribution in [0.1, 0.15) is 10.4 Å². The summed E-state index contributed by atoms with van der Waals surface area (Å²) in [7, 11) is 0. The van der Waals surface area contributed by atoms with Crippen LogP contribution in [0.25, 0.3) is 0 Å². The number of hydrogen-bond acceptors (Lipinski definition) is 3. The van der Waals surface area contributed by atoms with Gasteiger partial charge in [-0.3, -0.25) is 4.79 Å². The van der Waals surface area contributed by atoms with Crippen molar-refractivity contribution in [1.82, 2.24) is 0 Å². The zero-order valence-electron chi connectivity index (χ0n) is 6.19. The molecule has 4 heteroatoms. The van der Waals surface area contributed by atoms with E-state index in [9.17, 15) is 4.79 Å². The molecular formula is C8H7NOS2. The first-order chi connectivity index (χ1) is 5.70. The smallest absolute Gasteiger partial charge is 0.226 e. The van der Waals surface area contributed by atoms with Gasteiger partial charge in [0, 0.05) is 5.56 Å². The molecule has 2 nitrogen and oxygen atoms in total. The number of thioether (sulfide) groups is 1. The van der Waals surface area contributed by atoms with Crippen LogP contribution in [0, 0.1) is 0 Å². The number of carbonyl (C=O) groups is 1. The molecule has 0 bridgehead atoms. The Bertz CT molecular complexity index is 297. The lowest BCUT2D eigenvalue weighted by molar-refractivity contribution is 0.109. The Morgan fingerprint density at radius 2 is 1.92 bits per heavy atom. The second kappa shape index (κ2) is 4.23. The molecule has 0 fully saturated rings. The zero-order valence-corrected chi connectivity index (χ0v) is 7.82. The number of hydrogen-bond donors (Lipinski definition) is 1. The summed E-state index contributed by atoms with van der Waals surface area (Å²) in [6, 6.07) is 8.91. The maximum absolute atomic E-state index is 11.3. The maximum atomic E-state index is 11.3. The van der Waals surface area contributed by atoms with Gasteiger partial charge in [0.15, 0.2) is 0 Å². The van der Waals surface area contributed by atoms with Crippen molar-refractivity contribution in [2.24, 2.45) is 5.73 Å².